The van der Waals surface area contributed by atoms with Gasteiger partial charge in [0.25, 0.3) is 0 Å². The molecule has 1 aromatic heterocycles. The molecule has 1 saturated carbocycles. The average molecular weight is 294 g/mol. The highest BCUT2D eigenvalue weighted by Gasteiger charge is 2.41. The number of pyridine rings is 1. The molecule has 1 aliphatic carbocycles. The van der Waals surface area contributed by atoms with E-state index in [0.29, 0.717) is 6.07 Å². The fourth-order valence-electron chi connectivity index (χ4n) is 3.80. The molecule has 0 amide bonds. The number of anilines is 1. The topological polar surface area (TPSA) is 44.9 Å². The number of halogens is 3. The minimum absolute atomic E-state index is 0.107. The summed E-state index contributed by atoms with van der Waals surface area (Å²) in [7, 11) is 0. The van der Waals surface area contributed by atoms with E-state index in [1.165, 1.54) is 0 Å². The number of alkyl halides is 3. The van der Waals surface area contributed by atoms with Crippen molar-refractivity contribution < 1.29 is 13.2 Å². The van der Waals surface area contributed by atoms with E-state index < -0.39 is 17.3 Å². The highest BCUT2D eigenvalue weighted by Crippen LogP contribution is 2.49. The number of hydrogen-bond acceptors (Lipinski definition) is 2. The number of hydrogen-bond donors (Lipinski definition) is 2. The zero-order valence-electron chi connectivity index (χ0n) is 11.1. The monoisotopic (exact) mass is 294 g/mol. The van der Waals surface area contributed by atoms with Crippen molar-refractivity contribution in [2.75, 3.05) is 5.32 Å². The molecule has 0 saturated heterocycles. The van der Waals surface area contributed by atoms with Gasteiger partial charge in [0, 0.05) is 34.6 Å². The lowest BCUT2D eigenvalue weighted by Gasteiger charge is -2.15. The maximum atomic E-state index is 13.3. The lowest BCUT2D eigenvalue weighted by Crippen LogP contribution is -2.16. The maximum Gasteiger partial charge on any atom is 0.417 e. The van der Waals surface area contributed by atoms with E-state index in [2.05, 4.69) is 10.3 Å². The molecule has 2 aromatic rings. The first-order chi connectivity index (χ1) is 9.95. The maximum absolute atomic E-state index is 13.3. The number of rotatable bonds is 0. The fourth-order valence-corrected chi connectivity index (χ4v) is 3.80. The Morgan fingerprint density at radius 1 is 1.19 bits per heavy atom. The Kier molecular flexibility index (Phi) is 2.44. The van der Waals surface area contributed by atoms with Gasteiger partial charge in [-0.3, -0.25) is 4.79 Å². The summed E-state index contributed by atoms with van der Waals surface area (Å²) >= 11 is 0. The minimum atomic E-state index is -4.53. The Labute approximate surface area is 118 Å². The van der Waals surface area contributed by atoms with Crippen LogP contribution in [0.1, 0.15) is 36.3 Å². The molecule has 0 radical (unpaired) electrons. The molecule has 2 N–H and O–H groups in total. The second-order valence-corrected chi connectivity index (χ2v) is 5.78. The van der Waals surface area contributed by atoms with Crippen molar-refractivity contribution in [3.05, 3.63) is 39.7 Å². The standard InChI is InChI=1S/C15H13F3N2O/c16-15(17,18)8-6-12(21)20-11-5-4-10-13(14(8)11)7-2-1-3-9(7)19-10/h4-7,9,19H,1-3H2,(H,20,21). The lowest BCUT2D eigenvalue weighted by molar-refractivity contribution is -0.136. The van der Waals surface area contributed by atoms with Gasteiger partial charge in [-0.25, -0.2) is 0 Å². The molecule has 3 nitrogen and oxygen atoms in total. The normalized spacial score (nSPS) is 24.0. The van der Waals surface area contributed by atoms with E-state index in [0.717, 1.165) is 30.5 Å². The Balaban J connectivity index is 2.10. The number of fused-ring (bicyclic) bond motifs is 5. The van der Waals surface area contributed by atoms with Crippen molar-refractivity contribution in [3.8, 4) is 0 Å². The van der Waals surface area contributed by atoms with E-state index in [-0.39, 0.29) is 22.9 Å². The molecular formula is C15H13F3N2O. The van der Waals surface area contributed by atoms with Gasteiger partial charge in [-0.05, 0) is 30.5 Å². The highest BCUT2D eigenvalue weighted by molar-refractivity contribution is 5.92. The Morgan fingerprint density at radius 3 is 2.76 bits per heavy atom. The molecule has 1 aliphatic heterocycles. The van der Waals surface area contributed by atoms with E-state index in [4.69, 9.17) is 0 Å². The third kappa shape index (κ3) is 1.78. The summed E-state index contributed by atoms with van der Waals surface area (Å²) in [5, 5.41) is 3.48. The molecule has 2 atom stereocenters. The summed E-state index contributed by atoms with van der Waals surface area (Å²) < 4.78 is 40.0. The van der Waals surface area contributed by atoms with Gasteiger partial charge in [-0.1, -0.05) is 6.42 Å². The van der Waals surface area contributed by atoms with Crippen molar-refractivity contribution in [1.82, 2.24) is 4.98 Å². The minimum Gasteiger partial charge on any atom is -0.381 e. The number of aromatic nitrogens is 1. The summed E-state index contributed by atoms with van der Waals surface area (Å²) in [6.45, 7) is 0. The lowest BCUT2D eigenvalue weighted by atomic mass is 9.91. The van der Waals surface area contributed by atoms with Gasteiger partial charge in [0.15, 0.2) is 0 Å². The first-order valence-corrected chi connectivity index (χ1v) is 6.99. The van der Waals surface area contributed by atoms with Crippen LogP contribution >= 0.6 is 0 Å². The quantitative estimate of drug-likeness (QED) is 0.779. The number of H-pyrrole nitrogens is 1. The van der Waals surface area contributed by atoms with Crippen molar-refractivity contribution in [3.63, 3.8) is 0 Å². The van der Waals surface area contributed by atoms with Crippen LogP contribution < -0.4 is 10.9 Å². The summed E-state index contributed by atoms with van der Waals surface area (Å²) in [6, 6.07) is 4.22. The van der Waals surface area contributed by atoms with Crippen LogP contribution in [0.5, 0.6) is 0 Å². The molecule has 0 bridgehead atoms. The third-order valence-corrected chi connectivity index (χ3v) is 4.58. The van der Waals surface area contributed by atoms with E-state index >= 15 is 0 Å². The summed E-state index contributed by atoms with van der Waals surface area (Å²) in [5.41, 5.74) is 0.215. The molecule has 2 heterocycles. The van der Waals surface area contributed by atoms with Gasteiger partial charge in [0.05, 0.1) is 5.56 Å². The van der Waals surface area contributed by atoms with Gasteiger partial charge in [-0.2, -0.15) is 13.2 Å². The first-order valence-electron chi connectivity index (χ1n) is 6.99. The van der Waals surface area contributed by atoms with Gasteiger partial charge in [-0.15, -0.1) is 0 Å². The van der Waals surface area contributed by atoms with E-state index in [1.807, 2.05) is 0 Å². The molecule has 2 aliphatic rings. The average Bonchev–Trinajstić information content (AvgIpc) is 2.96. The Bertz CT molecular complexity index is 794. The molecule has 6 heteroatoms. The second kappa shape index (κ2) is 4.02. The Morgan fingerprint density at radius 2 is 2.00 bits per heavy atom. The van der Waals surface area contributed by atoms with Crippen molar-refractivity contribution >= 4 is 16.6 Å². The van der Waals surface area contributed by atoms with Gasteiger partial charge in [0.2, 0.25) is 5.56 Å². The molecule has 1 fully saturated rings. The number of aromatic amines is 1. The fraction of sp³-hybridized carbons (Fsp3) is 0.400. The molecule has 4 rings (SSSR count). The first kappa shape index (κ1) is 12.7. The van der Waals surface area contributed by atoms with Gasteiger partial charge < -0.3 is 10.3 Å². The summed E-state index contributed by atoms with van der Waals surface area (Å²) in [5.74, 6) is 0.107. The van der Waals surface area contributed by atoms with E-state index in [9.17, 15) is 18.0 Å². The number of benzene rings is 1. The largest absolute Gasteiger partial charge is 0.417 e. The van der Waals surface area contributed by atoms with Crippen LogP contribution in [0.2, 0.25) is 0 Å². The zero-order valence-corrected chi connectivity index (χ0v) is 11.1. The van der Waals surface area contributed by atoms with E-state index in [1.54, 1.807) is 12.1 Å². The highest BCUT2D eigenvalue weighted by atomic mass is 19.4. The van der Waals surface area contributed by atoms with Gasteiger partial charge in [0.1, 0.15) is 0 Å². The molecule has 0 spiro atoms. The Hall–Kier alpha value is -1.98. The van der Waals surface area contributed by atoms with Crippen LogP contribution in [0.15, 0.2) is 23.0 Å². The molecule has 21 heavy (non-hydrogen) atoms. The molecule has 2 unspecified atom stereocenters. The van der Waals surface area contributed by atoms with Crippen LogP contribution in [-0.2, 0) is 6.18 Å². The molecule has 110 valence electrons. The van der Waals surface area contributed by atoms with Crippen LogP contribution in [0.4, 0.5) is 18.9 Å². The SMILES string of the molecule is O=c1cc(C(F)(F)F)c2c3c(ccc2[nH]1)NC1CCCC31. The second-order valence-electron chi connectivity index (χ2n) is 5.78. The predicted octanol–water partition coefficient (Wildman–Crippen LogP) is 3.61. The summed E-state index contributed by atoms with van der Waals surface area (Å²) in [6.07, 6.45) is -1.65. The van der Waals surface area contributed by atoms with Crippen molar-refractivity contribution in [2.45, 2.75) is 37.4 Å². The predicted molar refractivity (Wildman–Crippen MR) is 73.6 cm³/mol. The summed E-state index contributed by atoms with van der Waals surface area (Å²) in [4.78, 5) is 14.0. The van der Waals surface area contributed by atoms with Crippen LogP contribution in [0, 0.1) is 0 Å². The van der Waals surface area contributed by atoms with Crippen molar-refractivity contribution in [2.24, 2.45) is 0 Å². The van der Waals surface area contributed by atoms with Gasteiger partial charge >= 0.3 is 6.18 Å². The van der Waals surface area contributed by atoms with Crippen LogP contribution in [0.3, 0.4) is 0 Å². The zero-order chi connectivity index (χ0) is 14.8. The molecular weight excluding hydrogens is 281 g/mol. The molecule has 1 aromatic carbocycles. The van der Waals surface area contributed by atoms with Crippen molar-refractivity contribution in [1.29, 1.82) is 0 Å². The smallest absolute Gasteiger partial charge is 0.381 e. The van der Waals surface area contributed by atoms with Crippen LogP contribution in [0.25, 0.3) is 10.9 Å². The van der Waals surface area contributed by atoms with Crippen LogP contribution in [-0.4, -0.2) is 11.0 Å². The number of nitrogens with one attached hydrogen (secondary N) is 2. The third-order valence-electron chi connectivity index (χ3n) is 4.58.